The minimum atomic E-state index is -0.413. The molecular weight excluding hydrogens is 428 g/mol. The second-order valence-corrected chi connectivity index (χ2v) is 7.97. The van der Waals surface area contributed by atoms with Crippen molar-refractivity contribution < 1.29 is 28.6 Å². The fraction of sp³-hybridized carbons (Fsp3) is 0.250. The lowest BCUT2D eigenvalue weighted by Crippen LogP contribution is -2.37. The van der Waals surface area contributed by atoms with Gasteiger partial charge in [0, 0.05) is 13.1 Å². The van der Waals surface area contributed by atoms with Gasteiger partial charge < -0.3 is 19.5 Å². The second kappa shape index (κ2) is 9.68. The number of ether oxygens (including phenoxy) is 3. The first-order chi connectivity index (χ1) is 14.5. The monoisotopic (exact) mass is 448 g/mol. The zero-order valence-corrected chi connectivity index (χ0v) is 18.2. The fourth-order valence-electron chi connectivity index (χ4n) is 2.80. The van der Waals surface area contributed by atoms with Crippen molar-refractivity contribution in [1.29, 1.82) is 0 Å². The standard InChI is InChI=1S/C20H20N2O6S2/c1-26-13-9-12(10-14(27-2)17(13)28-3)11-16-19(24)22(20(25)30-16)7-6-21-18(23)15-5-4-8-29-15/h4-5,8-11H,6-7H2,1-3H3,(H,21,23)/b16-11-. The van der Waals surface area contributed by atoms with Crippen LogP contribution in [-0.2, 0) is 4.79 Å². The molecule has 10 heteroatoms. The Labute approximate surface area is 181 Å². The summed E-state index contributed by atoms with van der Waals surface area (Å²) in [5.41, 5.74) is 0.626. The number of thioether (sulfide) groups is 1. The Kier molecular flexibility index (Phi) is 7.01. The number of amides is 3. The van der Waals surface area contributed by atoms with Gasteiger partial charge in [0.1, 0.15) is 0 Å². The molecule has 8 nitrogen and oxygen atoms in total. The molecule has 0 bridgehead atoms. The van der Waals surface area contributed by atoms with E-state index in [0.717, 1.165) is 16.7 Å². The number of nitrogens with zero attached hydrogens (tertiary/aromatic N) is 1. The minimum Gasteiger partial charge on any atom is -0.493 e. The Morgan fingerprint density at radius 3 is 2.40 bits per heavy atom. The first kappa shape index (κ1) is 21.7. The molecule has 0 atom stereocenters. The van der Waals surface area contributed by atoms with Crippen LogP contribution < -0.4 is 19.5 Å². The number of methoxy groups -OCH3 is 3. The van der Waals surface area contributed by atoms with E-state index in [1.54, 1.807) is 35.7 Å². The summed E-state index contributed by atoms with van der Waals surface area (Å²) < 4.78 is 15.9. The van der Waals surface area contributed by atoms with E-state index in [0.29, 0.717) is 27.7 Å². The fourth-order valence-corrected chi connectivity index (χ4v) is 4.31. The van der Waals surface area contributed by atoms with Crippen molar-refractivity contribution in [3.05, 3.63) is 45.0 Å². The van der Waals surface area contributed by atoms with E-state index in [2.05, 4.69) is 5.32 Å². The number of carbonyl (C=O) groups is 3. The minimum absolute atomic E-state index is 0.0916. The van der Waals surface area contributed by atoms with Gasteiger partial charge in [-0.15, -0.1) is 11.3 Å². The molecule has 3 amide bonds. The molecule has 1 aromatic carbocycles. The highest BCUT2D eigenvalue weighted by molar-refractivity contribution is 8.18. The average molecular weight is 449 g/mol. The molecule has 0 spiro atoms. The van der Waals surface area contributed by atoms with Crippen molar-refractivity contribution >= 4 is 46.2 Å². The van der Waals surface area contributed by atoms with Crippen LogP contribution in [0.1, 0.15) is 15.2 Å². The molecule has 0 saturated carbocycles. The van der Waals surface area contributed by atoms with E-state index < -0.39 is 5.91 Å². The predicted octanol–water partition coefficient (Wildman–Crippen LogP) is 3.24. The van der Waals surface area contributed by atoms with Crippen molar-refractivity contribution in [3.8, 4) is 17.2 Å². The van der Waals surface area contributed by atoms with Gasteiger partial charge >= 0.3 is 0 Å². The Balaban J connectivity index is 1.71. The number of hydrogen-bond acceptors (Lipinski definition) is 8. The van der Waals surface area contributed by atoms with Crippen LogP contribution in [0.5, 0.6) is 17.2 Å². The van der Waals surface area contributed by atoms with Gasteiger partial charge in [-0.1, -0.05) is 6.07 Å². The SMILES string of the molecule is COc1cc(/C=C2\SC(=O)N(CCNC(=O)c3cccs3)C2=O)cc(OC)c1OC. The van der Waals surface area contributed by atoms with E-state index in [-0.39, 0.29) is 29.1 Å². The first-order valence-corrected chi connectivity index (χ1v) is 10.5. The van der Waals surface area contributed by atoms with Gasteiger partial charge in [0.2, 0.25) is 5.75 Å². The number of carbonyl (C=O) groups excluding carboxylic acids is 3. The highest BCUT2D eigenvalue weighted by Gasteiger charge is 2.34. The predicted molar refractivity (Wildman–Crippen MR) is 115 cm³/mol. The molecule has 1 aromatic heterocycles. The summed E-state index contributed by atoms with van der Waals surface area (Å²) in [5, 5.41) is 4.13. The molecule has 1 saturated heterocycles. The highest BCUT2D eigenvalue weighted by atomic mass is 32.2. The molecule has 158 valence electrons. The lowest BCUT2D eigenvalue weighted by Gasteiger charge is -2.13. The normalized spacial score (nSPS) is 14.9. The third kappa shape index (κ3) is 4.60. The number of thiophene rings is 1. The molecule has 30 heavy (non-hydrogen) atoms. The van der Waals surface area contributed by atoms with Gasteiger partial charge in [-0.2, -0.15) is 0 Å². The van der Waals surface area contributed by atoms with Crippen molar-refractivity contribution in [3.63, 3.8) is 0 Å². The van der Waals surface area contributed by atoms with Crippen LogP contribution in [0.4, 0.5) is 4.79 Å². The molecule has 2 aromatic rings. The molecule has 0 radical (unpaired) electrons. The van der Waals surface area contributed by atoms with Gasteiger partial charge in [0.15, 0.2) is 11.5 Å². The summed E-state index contributed by atoms with van der Waals surface area (Å²) in [6.45, 7) is 0.264. The Morgan fingerprint density at radius 2 is 1.83 bits per heavy atom. The van der Waals surface area contributed by atoms with Crippen molar-refractivity contribution in [1.82, 2.24) is 10.2 Å². The number of hydrogen-bond donors (Lipinski definition) is 1. The Hall–Kier alpha value is -2.98. The Bertz CT molecular complexity index is 962. The summed E-state index contributed by atoms with van der Waals surface area (Å²) in [6, 6.07) is 6.87. The molecule has 1 N–H and O–H groups in total. The Morgan fingerprint density at radius 1 is 1.13 bits per heavy atom. The molecule has 3 rings (SSSR count). The lowest BCUT2D eigenvalue weighted by molar-refractivity contribution is -0.122. The summed E-state index contributed by atoms with van der Waals surface area (Å²) in [6.07, 6.45) is 1.60. The topological polar surface area (TPSA) is 94.2 Å². The third-order valence-corrected chi connectivity index (χ3v) is 6.00. The van der Waals surface area contributed by atoms with Gasteiger partial charge in [-0.3, -0.25) is 19.3 Å². The van der Waals surface area contributed by atoms with Gasteiger partial charge in [-0.05, 0) is 47.0 Å². The van der Waals surface area contributed by atoms with Crippen LogP contribution in [0.25, 0.3) is 6.08 Å². The molecule has 0 aliphatic carbocycles. The third-order valence-electron chi connectivity index (χ3n) is 4.22. The van der Waals surface area contributed by atoms with Crippen LogP contribution in [0.3, 0.4) is 0 Å². The highest BCUT2D eigenvalue weighted by Crippen LogP contribution is 2.40. The van der Waals surface area contributed by atoms with Crippen LogP contribution >= 0.6 is 23.1 Å². The van der Waals surface area contributed by atoms with Crippen LogP contribution in [0.2, 0.25) is 0 Å². The van der Waals surface area contributed by atoms with E-state index >= 15 is 0 Å². The van der Waals surface area contributed by atoms with Crippen molar-refractivity contribution in [2.24, 2.45) is 0 Å². The first-order valence-electron chi connectivity index (χ1n) is 8.85. The smallest absolute Gasteiger partial charge is 0.293 e. The van der Waals surface area contributed by atoms with Gasteiger partial charge in [-0.25, -0.2) is 0 Å². The number of benzene rings is 1. The summed E-state index contributed by atoms with van der Waals surface area (Å²) in [7, 11) is 4.50. The van der Waals surface area contributed by atoms with E-state index in [1.807, 2.05) is 0 Å². The molecule has 1 aliphatic rings. The van der Waals surface area contributed by atoms with E-state index in [4.69, 9.17) is 14.2 Å². The number of rotatable bonds is 8. The average Bonchev–Trinajstić information content (AvgIpc) is 3.37. The quantitative estimate of drug-likeness (QED) is 0.620. The lowest BCUT2D eigenvalue weighted by atomic mass is 10.1. The zero-order chi connectivity index (χ0) is 21.7. The molecule has 1 aliphatic heterocycles. The summed E-state index contributed by atoms with van der Waals surface area (Å²) >= 11 is 2.17. The molecule has 0 unspecified atom stereocenters. The largest absolute Gasteiger partial charge is 0.493 e. The maximum atomic E-state index is 12.7. The van der Waals surface area contributed by atoms with Gasteiger partial charge in [0.05, 0.1) is 31.1 Å². The second-order valence-electron chi connectivity index (χ2n) is 6.03. The number of imide groups is 1. The van der Waals surface area contributed by atoms with E-state index in [1.165, 1.54) is 32.7 Å². The van der Waals surface area contributed by atoms with Crippen molar-refractivity contribution in [2.75, 3.05) is 34.4 Å². The van der Waals surface area contributed by atoms with Crippen LogP contribution in [0.15, 0.2) is 34.6 Å². The maximum absolute atomic E-state index is 12.7. The molecule has 1 fully saturated rings. The van der Waals surface area contributed by atoms with Gasteiger partial charge in [0.25, 0.3) is 17.1 Å². The zero-order valence-electron chi connectivity index (χ0n) is 16.6. The molecular formula is C20H20N2O6S2. The molecule has 2 heterocycles. The van der Waals surface area contributed by atoms with E-state index in [9.17, 15) is 14.4 Å². The van der Waals surface area contributed by atoms with Crippen LogP contribution in [0, 0.1) is 0 Å². The van der Waals surface area contributed by atoms with Crippen LogP contribution in [-0.4, -0.2) is 56.4 Å². The summed E-state index contributed by atoms with van der Waals surface area (Å²) in [4.78, 5) is 38.9. The van der Waals surface area contributed by atoms with Crippen molar-refractivity contribution in [2.45, 2.75) is 0 Å². The summed E-state index contributed by atoms with van der Waals surface area (Å²) in [5.74, 6) is 0.679. The number of nitrogens with one attached hydrogen (secondary N) is 1. The maximum Gasteiger partial charge on any atom is 0.293 e.